The van der Waals surface area contributed by atoms with Gasteiger partial charge in [0.15, 0.2) is 0 Å². The highest BCUT2D eigenvalue weighted by Crippen LogP contribution is 2.31. The average Bonchev–Trinajstić information content (AvgIpc) is 2.85. The molecule has 2 aromatic carbocycles. The van der Waals surface area contributed by atoms with Crippen molar-refractivity contribution in [3.63, 3.8) is 0 Å². The van der Waals surface area contributed by atoms with Crippen LogP contribution in [-0.2, 0) is 25.8 Å². The van der Waals surface area contributed by atoms with Gasteiger partial charge in [0.05, 0.1) is 10.7 Å². The third-order valence-electron chi connectivity index (χ3n) is 5.14. The summed E-state index contributed by atoms with van der Waals surface area (Å²) in [6.07, 6.45) is 4.46. The van der Waals surface area contributed by atoms with Crippen molar-refractivity contribution in [1.82, 2.24) is 5.32 Å². The quantitative estimate of drug-likeness (QED) is 0.713. The Morgan fingerprint density at radius 3 is 2.38 bits per heavy atom. The maximum Gasteiger partial charge on any atom is 0.0640 e. The van der Waals surface area contributed by atoms with Crippen LogP contribution < -0.4 is 10.6 Å². The molecule has 0 bridgehead atoms. The van der Waals surface area contributed by atoms with Gasteiger partial charge < -0.3 is 10.6 Å². The molecule has 0 saturated heterocycles. The number of nitrogens with one attached hydrogen (secondary N) is 2. The SMILES string of the molecule is CC(C)(C)CCc1ccc(CNc2c(Cl)ccc3c2CCNCC3)cc1. The average molecular weight is 371 g/mol. The van der Waals surface area contributed by atoms with E-state index >= 15 is 0 Å². The number of rotatable bonds is 5. The second kappa shape index (κ2) is 8.45. The van der Waals surface area contributed by atoms with Gasteiger partial charge in [-0.2, -0.15) is 0 Å². The van der Waals surface area contributed by atoms with Gasteiger partial charge in [-0.05, 0) is 72.5 Å². The molecule has 0 radical (unpaired) electrons. The maximum atomic E-state index is 6.51. The molecule has 0 spiro atoms. The molecule has 140 valence electrons. The van der Waals surface area contributed by atoms with Crippen molar-refractivity contribution in [2.75, 3.05) is 18.4 Å². The van der Waals surface area contributed by atoms with Crippen LogP contribution in [0.2, 0.25) is 5.02 Å². The van der Waals surface area contributed by atoms with Crippen LogP contribution in [0, 0.1) is 5.41 Å². The Hall–Kier alpha value is -1.51. The molecule has 2 aromatic rings. The van der Waals surface area contributed by atoms with Crippen LogP contribution in [0.5, 0.6) is 0 Å². The highest BCUT2D eigenvalue weighted by atomic mass is 35.5. The second-order valence-corrected chi connectivity index (χ2v) is 8.95. The minimum absolute atomic E-state index is 0.386. The van der Waals surface area contributed by atoms with Gasteiger partial charge in [-0.3, -0.25) is 0 Å². The first-order chi connectivity index (χ1) is 12.4. The van der Waals surface area contributed by atoms with Crippen molar-refractivity contribution in [1.29, 1.82) is 0 Å². The fraction of sp³-hybridized carbons (Fsp3) is 0.478. The van der Waals surface area contributed by atoms with Gasteiger partial charge in [0.2, 0.25) is 0 Å². The van der Waals surface area contributed by atoms with Crippen molar-refractivity contribution in [2.45, 2.75) is 53.0 Å². The van der Waals surface area contributed by atoms with Gasteiger partial charge in [-0.1, -0.05) is 62.7 Å². The molecule has 2 nitrogen and oxygen atoms in total. The zero-order valence-electron chi connectivity index (χ0n) is 16.3. The van der Waals surface area contributed by atoms with Crippen LogP contribution in [0.1, 0.15) is 49.4 Å². The van der Waals surface area contributed by atoms with E-state index in [0.29, 0.717) is 5.41 Å². The van der Waals surface area contributed by atoms with Gasteiger partial charge in [-0.25, -0.2) is 0 Å². The fourth-order valence-corrected chi connectivity index (χ4v) is 3.71. The summed E-state index contributed by atoms with van der Waals surface area (Å²) in [7, 11) is 0. The number of fused-ring (bicyclic) bond motifs is 1. The van der Waals surface area contributed by atoms with Gasteiger partial charge >= 0.3 is 0 Å². The lowest BCUT2D eigenvalue weighted by Crippen LogP contribution is -2.16. The Bertz CT molecular complexity index is 729. The molecule has 0 saturated carbocycles. The van der Waals surface area contributed by atoms with E-state index in [1.807, 2.05) is 6.07 Å². The summed E-state index contributed by atoms with van der Waals surface area (Å²) < 4.78 is 0. The van der Waals surface area contributed by atoms with Crippen LogP contribution in [0.15, 0.2) is 36.4 Å². The van der Waals surface area contributed by atoms with E-state index in [4.69, 9.17) is 11.6 Å². The van der Waals surface area contributed by atoms with E-state index in [1.165, 1.54) is 28.7 Å². The Morgan fingerprint density at radius 2 is 1.65 bits per heavy atom. The Kier molecular flexibility index (Phi) is 6.26. The molecule has 2 N–H and O–H groups in total. The number of hydrogen-bond acceptors (Lipinski definition) is 2. The standard InChI is InChI=1S/C23H31ClN2/c1-23(2,3)13-10-17-4-6-18(7-5-17)16-26-22-20-12-15-25-14-11-19(20)8-9-21(22)24/h4-9,25-26H,10-16H2,1-3H3. The number of anilines is 1. The predicted molar refractivity (Wildman–Crippen MR) is 113 cm³/mol. The lowest BCUT2D eigenvalue weighted by atomic mass is 9.88. The van der Waals surface area contributed by atoms with Crippen LogP contribution in [0.25, 0.3) is 0 Å². The summed E-state index contributed by atoms with van der Waals surface area (Å²) in [4.78, 5) is 0. The zero-order chi connectivity index (χ0) is 18.6. The van der Waals surface area contributed by atoms with Crippen LogP contribution in [0.4, 0.5) is 5.69 Å². The molecular weight excluding hydrogens is 340 g/mol. The molecule has 0 unspecified atom stereocenters. The molecule has 1 aliphatic rings. The van der Waals surface area contributed by atoms with E-state index in [1.54, 1.807) is 0 Å². The van der Waals surface area contributed by atoms with Crippen molar-refractivity contribution < 1.29 is 0 Å². The van der Waals surface area contributed by atoms with E-state index in [-0.39, 0.29) is 0 Å². The summed E-state index contributed by atoms with van der Waals surface area (Å²) in [5.41, 5.74) is 7.01. The van der Waals surface area contributed by atoms with Crippen molar-refractivity contribution in [3.05, 3.63) is 63.7 Å². The predicted octanol–water partition coefficient (Wildman–Crippen LogP) is 5.62. The third-order valence-corrected chi connectivity index (χ3v) is 5.45. The molecule has 0 aliphatic carbocycles. The first-order valence-corrected chi connectivity index (χ1v) is 10.1. The van der Waals surface area contributed by atoms with E-state index in [9.17, 15) is 0 Å². The first kappa shape index (κ1) is 19.3. The van der Waals surface area contributed by atoms with Crippen molar-refractivity contribution in [3.8, 4) is 0 Å². The lowest BCUT2D eigenvalue weighted by molar-refractivity contribution is 0.378. The van der Waals surface area contributed by atoms with Gasteiger partial charge in [0.1, 0.15) is 0 Å². The van der Waals surface area contributed by atoms with Crippen LogP contribution in [0.3, 0.4) is 0 Å². The molecule has 1 heterocycles. The number of hydrogen-bond donors (Lipinski definition) is 2. The minimum Gasteiger partial charge on any atom is -0.380 e. The van der Waals surface area contributed by atoms with E-state index < -0.39 is 0 Å². The number of aryl methyl sites for hydroxylation is 1. The monoisotopic (exact) mass is 370 g/mol. The number of halogens is 1. The molecule has 0 amide bonds. The third kappa shape index (κ3) is 5.25. The molecule has 0 fully saturated rings. The normalized spacial score (nSPS) is 14.6. The summed E-state index contributed by atoms with van der Waals surface area (Å²) in [5.74, 6) is 0. The van der Waals surface area contributed by atoms with Gasteiger partial charge in [0.25, 0.3) is 0 Å². The molecular formula is C23H31ClN2. The number of benzene rings is 2. The fourth-order valence-electron chi connectivity index (χ4n) is 3.47. The largest absolute Gasteiger partial charge is 0.380 e. The van der Waals surface area contributed by atoms with Crippen molar-refractivity contribution in [2.24, 2.45) is 5.41 Å². The molecule has 1 aliphatic heterocycles. The summed E-state index contributed by atoms with van der Waals surface area (Å²) in [5, 5.41) is 7.90. The Labute approximate surface area is 163 Å². The lowest BCUT2D eigenvalue weighted by Gasteiger charge is -2.18. The molecule has 0 atom stereocenters. The van der Waals surface area contributed by atoms with Crippen molar-refractivity contribution >= 4 is 17.3 Å². The van der Waals surface area contributed by atoms with Gasteiger partial charge in [-0.15, -0.1) is 0 Å². The van der Waals surface area contributed by atoms with E-state index in [0.717, 1.165) is 49.6 Å². The summed E-state index contributed by atoms with van der Waals surface area (Å²) >= 11 is 6.51. The summed E-state index contributed by atoms with van der Waals surface area (Å²) in [6, 6.07) is 13.2. The van der Waals surface area contributed by atoms with E-state index in [2.05, 4.69) is 61.7 Å². The van der Waals surface area contributed by atoms with Gasteiger partial charge in [0, 0.05) is 6.54 Å². The zero-order valence-corrected chi connectivity index (χ0v) is 17.0. The Balaban J connectivity index is 1.66. The first-order valence-electron chi connectivity index (χ1n) is 9.75. The highest BCUT2D eigenvalue weighted by Gasteiger charge is 2.14. The minimum atomic E-state index is 0.386. The Morgan fingerprint density at radius 1 is 0.962 bits per heavy atom. The molecule has 0 aromatic heterocycles. The molecule has 3 rings (SSSR count). The molecule has 26 heavy (non-hydrogen) atoms. The molecule has 3 heteroatoms. The van der Waals surface area contributed by atoms with Crippen LogP contribution in [-0.4, -0.2) is 13.1 Å². The van der Waals surface area contributed by atoms with Crippen LogP contribution >= 0.6 is 11.6 Å². The second-order valence-electron chi connectivity index (χ2n) is 8.54. The topological polar surface area (TPSA) is 24.1 Å². The smallest absolute Gasteiger partial charge is 0.0640 e. The summed E-state index contributed by atoms with van der Waals surface area (Å²) in [6.45, 7) is 9.77. The maximum absolute atomic E-state index is 6.51. The highest BCUT2D eigenvalue weighted by molar-refractivity contribution is 6.33.